The van der Waals surface area contributed by atoms with E-state index in [0.717, 1.165) is 0 Å². The molecule has 1 amide bonds. The molecule has 2 heterocycles. The van der Waals surface area contributed by atoms with Crippen molar-refractivity contribution in [2.45, 2.75) is 6.10 Å². The standard InChI is InChI=1S/C10H5NO5/c12-8-7-6-4(11-8)2-1-3-5(6)15-9(13)10(14)16-7/h1-3,7H,(H,11,12). The molecule has 80 valence electrons. The van der Waals surface area contributed by atoms with Gasteiger partial charge in [0.25, 0.3) is 5.91 Å². The number of hydrogen-bond donors (Lipinski definition) is 1. The van der Waals surface area contributed by atoms with Crippen LogP contribution in [0.5, 0.6) is 5.75 Å². The van der Waals surface area contributed by atoms with E-state index in [0.29, 0.717) is 11.3 Å². The van der Waals surface area contributed by atoms with Crippen LogP contribution >= 0.6 is 0 Å². The molecule has 6 heteroatoms. The number of rotatable bonds is 0. The zero-order chi connectivity index (χ0) is 11.3. The molecule has 1 atom stereocenters. The van der Waals surface area contributed by atoms with Gasteiger partial charge in [0.15, 0.2) is 0 Å². The molecule has 0 fully saturated rings. The predicted molar refractivity (Wildman–Crippen MR) is 49.5 cm³/mol. The van der Waals surface area contributed by atoms with Gasteiger partial charge in [-0.25, -0.2) is 9.59 Å². The fourth-order valence-corrected chi connectivity index (χ4v) is 1.75. The van der Waals surface area contributed by atoms with Crippen molar-refractivity contribution in [1.82, 2.24) is 0 Å². The topological polar surface area (TPSA) is 81.7 Å². The van der Waals surface area contributed by atoms with Crippen LogP contribution in [-0.2, 0) is 19.1 Å². The van der Waals surface area contributed by atoms with Crippen LogP contribution in [0.25, 0.3) is 0 Å². The first-order valence-corrected chi connectivity index (χ1v) is 4.53. The summed E-state index contributed by atoms with van der Waals surface area (Å²) in [6, 6.07) is 4.76. The van der Waals surface area contributed by atoms with Crippen molar-refractivity contribution in [1.29, 1.82) is 0 Å². The van der Waals surface area contributed by atoms with Crippen LogP contribution in [0.15, 0.2) is 18.2 Å². The Bertz CT molecular complexity index is 536. The number of amides is 1. The van der Waals surface area contributed by atoms with Crippen LogP contribution in [0.3, 0.4) is 0 Å². The Morgan fingerprint density at radius 1 is 1.12 bits per heavy atom. The van der Waals surface area contributed by atoms with Gasteiger partial charge in [0.2, 0.25) is 6.10 Å². The molecule has 0 bridgehead atoms. The van der Waals surface area contributed by atoms with Crippen molar-refractivity contribution < 1.29 is 23.9 Å². The van der Waals surface area contributed by atoms with E-state index in [4.69, 9.17) is 9.47 Å². The Morgan fingerprint density at radius 2 is 1.94 bits per heavy atom. The van der Waals surface area contributed by atoms with Crippen LogP contribution in [0.2, 0.25) is 0 Å². The van der Waals surface area contributed by atoms with E-state index in [2.05, 4.69) is 5.32 Å². The molecule has 0 aliphatic carbocycles. The third kappa shape index (κ3) is 1.04. The molecule has 16 heavy (non-hydrogen) atoms. The second-order valence-electron chi connectivity index (χ2n) is 3.38. The number of carbonyl (C=O) groups is 3. The summed E-state index contributed by atoms with van der Waals surface area (Å²) in [7, 11) is 0. The molecule has 1 N–H and O–H groups in total. The Hall–Kier alpha value is -2.37. The van der Waals surface area contributed by atoms with E-state index in [9.17, 15) is 14.4 Å². The summed E-state index contributed by atoms with van der Waals surface area (Å²) < 4.78 is 9.54. The monoisotopic (exact) mass is 219 g/mol. The van der Waals surface area contributed by atoms with E-state index in [1.54, 1.807) is 12.1 Å². The van der Waals surface area contributed by atoms with Gasteiger partial charge in [-0.05, 0) is 12.1 Å². The molecule has 0 spiro atoms. The SMILES string of the molecule is O=C1Oc2cccc3c2C(OC1=O)C(=O)N3. The summed E-state index contributed by atoms with van der Waals surface area (Å²) >= 11 is 0. The lowest BCUT2D eigenvalue weighted by Crippen LogP contribution is -2.24. The molecule has 2 aliphatic rings. The molecule has 2 aliphatic heterocycles. The molecule has 1 unspecified atom stereocenters. The lowest BCUT2D eigenvalue weighted by atomic mass is 10.1. The third-order valence-electron chi connectivity index (χ3n) is 2.42. The smallest absolute Gasteiger partial charge is 0.422 e. The lowest BCUT2D eigenvalue weighted by Gasteiger charge is -2.05. The minimum atomic E-state index is -1.16. The second-order valence-corrected chi connectivity index (χ2v) is 3.38. The molecule has 0 saturated carbocycles. The van der Waals surface area contributed by atoms with E-state index < -0.39 is 23.9 Å². The minimum absolute atomic E-state index is 0.178. The van der Waals surface area contributed by atoms with E-state index in [1.807, 2.05) is 0 Å². The second kappa shape index (κ2) is 2.82. The van der Waals surface area contributed by atoms with Gasteiger partial charge in [0, 0.05) is 0 Å². The van der Waals surface area contributed by atoms with Crippen LogP contribution in [0, 0.1) is 0 Å². The lowest BCUT2D eigenvalue weighted by molar-refractivity contribution is -0.165. The highest BCUT2D eigenvalue weighted by Crippen LogP contribution is 2.41. The number of hydrogen-bond acceptors (Lipinski definition) is 5. The van der Waals surface area contributed by atoms with Gasteiger partial charge in [0.05, 0.1) is 11.3 Å². The Morgan fingerprint density at radius 3 is 2.75 bits per heavy atom. The zero-order valence-electron chi connectivity index (χ0n) is 7.85. The summed E-state index contributed by atoms with van der Waals surface area (Å²) in [4.78, 5) is 33.8. The molecule has 0 radical (unpaired) electrons. The highest BCUT2D eigenvalue weighted by Gasteiger charge is 2.41. The molecule has 3 rings (SSSR count). The summed E-state index contributed by atoms with van der Waals surface area (Å²) in [6.45, 7) is 0. The van der Waals surface area contributed by atoms with Gasteiger partial charge in [-0.1, -0.05) is 6.07 Å². The number of esters is 2. The Labute approximate surface area is 89.1 Å². The van der Waals surface area contributed by atoms with Gasteiger partial charge in [-0.15, -0.1) is 0 Å². The van der Waals surface area contributed by atoms with Crippen molar-refractivity contribution in [2.75, 3.05) is 5.32 Å². The van der Waals surface area contributed by atoms with Crippen molar-refractivity contribution in [3.05, 3.63) is 23.8 Å². The first-order chi connectivity index (χ1) is 7.66. The number of anilines is 1. The quantitative estimate of drug-likeness (QED) is 0.381. The highest BCUT2D eigenvalue weighted by atomic mass is 16.6. The Balaban J connectivity index is 2.22. The summed E-state index contributed by atoms with van der Waals surface area (Å²) in [5, 5.41) is 2.53. The normalized spacial score (nSPS) is 21.8. The van der Waals surface area contributed by atoms with Gasteiger partial charge >= 0.3 is 11.9 Å². The van der Waals surface area contributed by atoms with Gasteiger partial charge < -0.3 is 14.8 Å². The predicted octanol–water partition coefficient (Wildman–Crippen LogP) is 0.142. The number of ether oxygens (including phenoxy) is 2. The molecule has 1 aromatic carbocycles. The number of carbonyl (C=O) groups excluding carboxylic acids is 3. The largest absolute Gasteiger partial charge is 0.439 e. The van der Waals surface area contributed by atoms with Crippen molar-refractivity contribution in [3.8, 4) is 5.75 Å². The van der Waals surface area contributed by atoms with E-state index >= 15 is 0 Å². The van der Waals surface area contributed by atoms with Crippen LogP contribution in [0.1, 0.15) is 11.7 Å². The van der Waals surface area contributed by atoms with Crippen molar-refractivity contribution in [2.24, 2.45) is 0 Å². The summed E-state index contributed by atoms with van der Waals surface area (Å²) in [5.74, 6) is -2.58. The summed E-state index contributed by atoms with van der Waals surface area (Å²) in [6.07, 6.45) is -1.09. The maximum atomic E-state index is 11.5. The number of benzene rings is 1. The highest BCUT2D eigenvalue weighted by molar-refractivity contribution is 6.31. The fourth-order valence-electron chi connectivity index (χ4n) is 1.75. The third-order valence-corrected chi connectivity index (χ3v) is 2.42. The van der Waals surface area contributed by atoms with E-state index in [-0.39, 0.29) is 5.75 Å². The maximum Gasteiger partial charge on any atom is 0.422 e. The fraction of sp³-hybridized carbons (Fsp3) is 0.100. The van der Waals surface area contributed by atoms with Gasteiger partial charge in [-0.2, -0.15) is 0 Å². The molecule has 0 aromatic heterocycles. The molecule has 0 saturated heterocycles. The average molecular weight is 219 g/mol. The molecule has 6 nitrogen and oxygen atoms in total. The van der Waals surface area contributed by atoms with Crippen LogP contribution in [-0.4, -0.2) is 17.8 Å². The molecular formula is C10H5NO5. The van der Waals surface area contributed by atoms with Crippen molar-refractivity contribution >= 4 is 23.5 Å². The first kappa shape index (κ1) is 8.90. The van der Waals surface area contributed by atoms with Crippen LogP contribution < -0.4 is 10.1 Å². The molecular weight excluding hydrogens is 214 g/mol. The van der Waals surface area contributed by atoms with Crippen LogP contribution in [0.4, 0.5) is 5.69 Å². The van der Waals surface area contributed by atoms with Gasteiger partial charge in [0.1, 0.15) is 5.75 Å². The maximum absolute atomic E-state index is 11.5. The Kier molecular flexibility index (Phi) is 1.57. The minimum Gasteiger partial charge on any atom is -0.439 e. The first-order valence-electron chi connectivity index (χ1n) is 4.53. The average Bonchev–Trinajstić information content (AvgIpc) is 2.48. The van der Waals surface area contributed by atoms with Gasteiger partial charge in [-0.3, -0.25) is 4.79 Å². The van der Waals surface area contributed by atoms with Crippen molar-refractivity contribution in [3.63, 3.8) is 0 Å². The number of nitrogens with one attached hydrogen (secondary N) is 1. The van der Waals surface area contributed by atoms with E-state index in [1.165, 1.54) is 6.07 Å². The zero-order valence-corrected chi connectivity index (χ0v) is 7.85. The summed E-state index contributed by atoms with van der Waals surface area (Å²) in [5.41, 5.74) is 0.890. The molecule has 1 aromatic rings.